The number of hydrogen-bond donors (Lipinski definition) is 1. The molecule has 140 valence electrons. The number of nitrogens with two attached hydrogens (primary N) is 1. The lowest BCUT2D eigenvalue weighted by molar-refractivity contribution is -0.136. The third-order valence-corrected chi connectivity index (χ3v) is 4.47. The quantitative estimate of drug-likeness (QED) is 0.814. The molecular formula is C17H26ClN3O4. The van der Waals surface area contributed by atoms with Gasteiger partial charge in [-0.1, -0.05) is 0 Å². The van der Waals surface area contributed by atoms with Crippen molar-refractivity contribution in [1.29, 1.82) is 0 Å². The van der Waals surface area contributed by atoms with Gasteiger partial charge in [0.15, 0.2) is 0 Å². The second-order valence-corrected chi connectivity index (χ2v) is 6.01. The number of ether oxygens (including phenoxy) is 2. The molecule has 2 atom stereocenters. The summed E-state index contributed by atoms with van der Waals surface area (Å²) >= 11 is 0. The smallest absolute Gasteiger partial charge is 0.228 e. The molecular weight excluding hydrogens is 346 g/mol. The van der Waals surface area contributed by atoms with Gasteiger partial charge in [0, 0.05) is 50.8 Å². The van der Waals surface area contributed by atoms with Gasteiger partial charge in [-0.3, -0.25) is 9.59 Å². The number of rotatable bonds is 6. The van der Waals surface area contributed by atoms with Gasteiger partial charge in [-0.2, -0.15) is 0 Å². The minimum absolute atomic E-state index is 0. The fraction of sp³-hybridized carbons (Fsp3) is 0.529. The largest absolute Gasteiger partial charge is 0.497 e. The summed E-state index contributed by atoms with van der Waals surface area (Å²) in [4.78, 5) is 28.2. The van der Waals surface area contributed by atoms with Crippen molar-refractivity contribution < 1.29 is 19.1 Å². The molecule has 0 radical (unpaired) electrons. The van der Waals surface area contributed by atoms with Crippen molar-refractivity contribution in [2.45, 2.75) is 19.4 Å². The van der Waals surface area contributed by atoms with E-state index in [2.05, 4.69) is 0 Å². The van der Waals surface area contributed by atoms with Crippen LogP contribution in [0.4, 0.5) is 5.69 Å². The van der Waals surface area contributed by atoms with Gasteiger partial charge in [-0.05, 0) is 6.92 Å². The van der Waals surface area contributed by atoms with E-state index in [1.807, 2.05) is 6.92 Å². The van der Waals surface area contributed by atoms with Crippen LogP contribution in [0.1, 0.15) is 13.3 Å². The van der Waals surface area contributed by atoms with Gasteiger partial charge in [-0.15, -0.1) is 12.4 Å². The molecule has 1 aromatic carbocycles. The Morgan fingerprint density at radius 3 is 2.36 bits per heavy atom. The number of benzene rings is 1. The monoisotopic (exact) mass is 371 g/mol. The van der Waals surface area contributed by atoms with Crippen molar-refractivity contribution in [1.82, 2.24) is 4.90 Å². The van der Waals surface area contributed by atoms with Gasteiger partial charge in [0.1, 0.15) is 11.5 Å². The van der Waals surface area contributed by atoms with E-state index in [1.54, 1.807) is 49.3 Å². The predicted octanol–water partition coefficient (Wildman–Crippen LogP) is 1.28. The second kappa shape index (κ2) is 8.92. The van der Waals surface area contributed by atoms with Crippen molar-refractivity contribution in [3.8, 4) is 11.5 Å². The number of carbonyl (C=O) groups is 2. The fourth-order valence-corrected chi connectivity index (χ4v) is 2.73. The Morgan fingerprint density at radius 1 is 1.32 bits per heavy atom. The Balaban J connectivity index is 0.00000312. The Morgan fingerprint density at radius 2 is 1.88 bits per heavy atom. The summed E-state index contributed by atoms with van der Waals surface area (Å²) in [6.07, 6.45) is 0.194. The van der Waals surface area contributed by atoms with E-state index in [0.29, 0.717) is 30.3 Å². The van der Waals surface area contributed by atoms with Crippen molar-refractivity contribution in [3.05, 3.63) is 18.2 Å². The van der Waals surface area contributed by atoms with Crippen molar-refractivity contribution >= 4 is 29.9 Å². The molecule has 1 aliphatic rings. The first-order valence-corrected chi connectivity index (χ1v) is 7.91. The Bertz CT molecular complexity index is 604. The molecule has 2 rings (SSSR count). The van der Waals surface area contributed by atoms with Gasteiger partial charge in [0.05, 0.1) is 25.8 Å². The first kappa shape index (κ1) is 21.1. The van der Waals surface area contributed by atoms with Crippen LogP contribution in [-0.2, 0) is 9.59 Å². The van der Waals surface area contributed by atoms with E-state index in [4.69, 9.17) is 15.2 Å². The van der Waals surface area contributed by atoms with Crippen molar-refractivity contribution in [3.63, 3.8) is 0 Å². The molecule has 1 fully saturated rings. The van der Waals surface area contributed by atoms with E-state index >= 15 is 0 Å². The predicted molar refractivity (Wildman–Crippen MR) is 98.5 cm³/mol. The number of nitrogens with zero attached hydrogens (tertiary/aromatic N) is 2. The first-order valence-electron chi connectivity index (χ1n) is 7.91. The Hall–Kier alpha value is -1.99. The van der Waals surface area contributed by atoms with Gasteiger partial charge in [0.25, 0.3) is 0 Å². The summed E-state index contributed by atoms with van der Waals surface area (Å²) in [6, 6.07) is 5.21. The fourth-order valence-electron chi connectivity index (χ4n) is 2.73. The highest BCUT2D eigenvalue weighted by molar-refractivity contribution is 6.00. The molecule has 2 N–H and O–H groups in total. The van der Waals surface area contributed by atoms with E-state index < -0.39 is 0 Å². The van der Waals surface area contributed by atoms with E-state index in [9.17, 15) is 9.59 Å². The zero-order valence-corrected chi connectivity index (χ0v) is 15.8. The number of halogens is 1. The lowest BCUT2D eigenvalue weighted by Gasteiger charge is -2.26. The van der Waals surface area contributed by atoms with Crippen LogP contribution >= 0.6 is 12.4 Å². The number of amides is 2. The molecule has 0 aromatic heterocycles. The van der Waals surface area contributed by atoms with Crippen LogP contribution in [0.2, 0.25) is 0 Å². The van der Waals surface area contributed by atoms with Crippen LogP contribution < -0.4 is 20.1 Å². The highest BCUT2D eigenvalue weighted by atomic mass is 35.5. The Kier molecular flexibility index (Phi) is 7.51. The standard InChI is InChI=1S/C17H25N3O4.ClH/c1-11(9-18)19(2)17(22)12-5-16(21)20(10-12)13-6-14(23-3)8-15(7-13)24-4;/h6-8,11-12H,5,9-10,18H2,1-4H3;1H. The Labute approximate surface area is 154 Å². The molecule has 0 spiro atoms. The molecule has 2 amide bonds. The van der Waals surface area contributed by atoms with Gasteiger partial charge in [-0.25, -0.2) is 0 Å². The average molecular weight is 372 g/mol. The molecule has 0 aliphatic carbocycles. The minimum atomic E-state index is -0.367. The summed E-state index contributed by atoms with van der Waals surface area (Å²) in [5.41, 5.74) is 6.29. The number of hydrogen-bond acceptors (Lipinski definition) is 5. The third-order valence-electron chi connectivity index (χ3n) is 4.47. The molecule has 1 saturated heterocycles. The number of anilines is 1. The number of carbonyl (C=O) groups excluding carboxylic acids is 2. The summed E-state index contributed by atoms with van der Waals surface area (Å²) in [7, 11) is 4.83. The highest BCUT2D eigenvalue weighted by Crippen LogP contribution is 2.32. The SMILES string of the molecule is COc1cc(OC)cc(N2CC(C(=O)N(C)C(C)CN)CC2=O)c1.Cl. The van der Waals surface area contributed by atoms with Crippen LogP contribution in [0.25, 0.3) is 0 Å². The highest BCUT2D eigenvalue weighted by Gasteiger charge is 2.37. The van der Waals surface area contributed by atoms with Crippen LogP contribution in [0.3, 0.4) is 0 Å². The summed E-state index contributed by atoms with van der Waals surface area (Å²) in [5, 5.41) is 0. The molecule has 0 bridgehead atoms. The van der Waals surface area contributed by atoms with Crippen LogP contribution in [-0.4, -0.2) is 57.1 Å². The molecule has 7 nitrogen and oxygen atoms in total. The van der Waals surface area contributed by atoms with Gasteiger partial charge >= 0.3 is 0 Å². The maximum atomic E-state index is 12.6. The van der Waals surface area contributed by atoms with E-state index in [0.717, 1.165) is 0 Å². The second-order valence-electron chi connectivity index (χ2n) is 6.01. The number of likely N-dealkylation sites (N-methyl/N-ethyl adjacent to an activating group) is 1. The van der Waals surface area contributed by atoms with Crippen LogP contribution in [0, 0.1) is 5.92 Å². The zero-order chi connectivity index (χ0) is 17.9. The molecule has 1 aromatic rings. The molecule has 2 unspecified atom stereocenters. The van der Waals surface area contributed by atoms with Gasteiger partial charge in [0.2, 0.25) is 11.8 Å². The lowest BCUT2D eigenvalue weighted by Crippen LogP contribution is -2.43. The van der Waals surface area contributed by atoms with Crippen LogP contribution in [0.5, 0.6) is 11.5 Å². The minimum Gasteiger partial charge on any atom is -0.497 e. The molecule has 8 heteroatoms. The lowest BCUT2D eigenvalue weighted by atomic mass is 10.1. The van der Waals surface area contributed by atoms with Crippen molar-refractivity contribution in [2.24, 2.45) is 11.7 Å². The third kappa shape index (κ3) is 4.55. The average Bonchev–Trinajstić information content (AvgIpc) is 3.00. The zero-order valence-electron chi connectivity index (χ0n) is 15.0. The first-order chi connectivity index (χ1) is 11.4. The molecule has 1 aliphatic heterocycles. The maximum Gasteiger partial charge on any atom is 0.228 e. The molecule has 25 heavy (non-hydrogen) atoms. The van der Waals surface area contributed by atoms with Crippen molar-refractivity contribution in [2.75, 3.05) is 39.3 Å². The number of methoxy groups -OCH3 is 2. The summed E-state index contributed by atoms with van der Waals surface area (Å²) in [5.74, 6) is 0.686. The van der Waals surface area contributed by atoms with Crippen LogP contribution in [0.15, 0.2) is 18.2 Å². The maximum absolute atomic E-state index is 12.6. The normalized spacial score (nSPS) is 17.7. The van der Waals surface area contributed by atoms with E-state index in [-0.39, 0.29) is 42.6 Å². The topological polar surface area (TPSA) is 85.1 Å². The summed E-state index contributed by atoms with van der Waals surface area (Å²) in [6.45, 7) is 2.62. The van der Waals surface area contributed by atoms with Gasteiger partial charge < -0.3 is 25.0 Å². The molecule has 0 saturated carbocycles. The van der Waals surface area contributed by atoms with E-state index in [1.165, 1.54) is 0 Å². The summed E-state index contributed by atoms with van der Waals surface area (Å²) < 4.78 is 10.5. The molecule has 1 heterocycles.